The molecule has 0 aliphatic carbocycles. The normalized spacial score (nSPS) is 10.9. The third-order valence-electron chi connectivity index (χ3n) is 2.13. The topological polar surface area (TPSA) is 54.5 Å². The number of benzene rings is 1. The Balaban J connectivity index is 2.95. The molecule has 1 aromatic rings. The standard InChI is InChI=1S/C11H12ClNO3S/c1-3-8-13(2)11(14)9-4-6-10(7-5-9)17(12,15)16/h3-7H,1,8H2,2H3. The molecule has 0 radical (unpaired) electrons. The quantitative estimate of drug-likeness (QED) is 0.622. The van der Waals surface area contributed by atoms with E-state index in [1.165, 1.54) is 29.2 Å². The van der Waals surface area contributed by atoms with E-state index < -0.39 is 9.05 Å². The summed E-state index contributed by atoms with van der Waals surface area (Å²) in [5.41, 5.74) is 0.401. The monoisotopic (exact) mass is 273 g/mol. The molecule has 4 nitrogen and oxygen atoms in total. The zero-order chi connectivity index (χ0) is 13.1. The largest absolute Gasteiger partial charge is 0.338 e. The van der Waals surface area contributed by atoms with Gasteiger partial charge in [-0.25, -0.2) is 8.42 Å². The summed E-state index contributed by atoms with van der Waals surface area (Å²) in [6.45, 7) is 3.96. The van der Waals surface area contributed by atoms with Gasteiger partial charge in [0.2, 0.25) is 0 Å². The van der Waals surface area contributed by atoms with Crippen molar-refractivity contribution < 1.29 is 13.2 Å². The van der Waals surface area contributed by atoms with Crippen molar-refractivity contribution in [3.05, 3.63) is 42.5 Å². The van der Waals surface area contributed by atoms with Gasteiger partial charge in [-0.05, 0) is 24.3 Å². The van der Waals surface area contributed by atoms with E-state index in [1.54, 1.807) is 13.1 Å². The van der Waals surface area contributed by atoms with E-state index in [2.05, 4.69) is 6.58 Å². The van der Waals surface area contributed by atoms with E-state index in [9.17, 15) is 13.2 Å². The molecule has 0 unspecified atom stereocenters. The second-order valence-electron chi connectivity index (χ2n) is 3.44. The lowest BCUT2D eigenvalue weighted by atomic mass is 10.2. The zero-order valence-corrected chi connectivity index (χ0v) is 10.8. The molecule has 0 fully saturated rings. The van der Waals surface area contributed by atoms with E-state index in [1.807, 2.05) is 0 Å². The second kappa shape index (κ2) is 5.33. The Morgan fingerprint density at radius 2 is 1.94 bits per heavy atom. The van der Waals surface area contributed by atoms with Gasteiger partial charge in [-0.1, -0.05) is 6.08 Å². The van der Waals surface area contributed by atoms with Crippen LogP contribution in [0, 0.1) is 0 Å². The predicted molar refractivity (Wildman–Crippen MR) is 66.6 cm³/mol. The van der Waals surface area contributed by atoms with Crippen LogP contribution in [-0.2, 0) is 9.05 Å². The Morgan fingerprint density at radius 3 is 2.35 bits per heavy atom. The van der Waals surface area contributed by atoms with Crippen molar-refractivity contribution in [3.8, 4) is 0 Å². The highest BCUT2D eigenvalue weighted by molar-refractivity contribution is 8.13. The van der Waals surface area contributed by atoms with Crippen molar-refractivity contribution in [1.29, 1.82) is 0 Å². The van der Waals surface area contributed by atoms with E-state index >= 15 is 0 Å². The fourth-order valence-corrected chi connectivity index (χ4v) is 2.03. The van der Waals surface area contributed by atoms with Crippen molar-refractivity contribution >= 4 is 25.6 Å². The number of halogens is 1. The molecule has 0 aliphatic rings. The Hall–Kier alpha value is -1.33. The van der Waals surface area contributed by atoms with Gasteiger partial charge < -0.3 is 4.90 Å². The number of carbonyl (C=O) groups excluding carboxylic acids is 1. The number of carbonyl (C=O) groups is 1. The summed E-state index contributed by atoms with van der Waals surface area (Å²) >= 11 is 0. The molecule has 6 heteroatoms. The number of hydrogen-bond acceptors (Lipinski definition) is 3. The molecular formula is C11H12ClNO3S. The Morgan fingerprint density at radius 1 is 1.41 bits per heavy atom. The van der Waals surface area contributed by atoms with E-state index in [4.69, 9.17) is 10.7 Å². The molecule has 0 N–H and O–H groups in total. The average Bonchev–Trinajstić information content (AvgIpc) is 2.27. The fraction of sp³-hybridized carbons (Fsp3) is 0.182. The SMILES string of the molecule is C=CCN(C)C(=O)c1ccc(S(=O)(=O)Cl)cc1. The highest BCUT2D eigenvalue weighted by atomic mass is 35.7. The minimum atomic E-state index is -3.74. The van der Waals surface area contributed by atoms with Crippen molar-refractivity contribution in [1.82, 2.24) is 4.90 Å². The van der Waals surface area contributed by atoms with Crippen LogP contribution in [0.3, 0.4) is 0 Å². The molecule has 0 saturated carbocycles. The van der Waals surface area contributed by atoms with Crippen LogP contribution in [0.5, 0.6) is 0 Å². The highest BCUT2D eigenvalue weighted by Gasteiger charge is 2.13. The summed E-state index contributed by atoms with van der Waals surface area (Å²) < 4.78 is 22.0. The number of amides is 1. The smallest absolute Gasteiger partial charge is 0.261 e. The third-order valence-corrected chi connectivity index (χ3v) is 3.50. The molecule has 0 bridgehead atoms. The molecule has 0 aromatic heterocycles. The molecule has 1 rings (SSSR count). The summed E-state index contributed by atoms with van der Waals surface area (Å²) in [5.74, 6) is -0.205. The molecule has 0 atom stereocenters. The maximum Gasteiger partial charge on any atom is 0.261 e. The van der Waals surface area contributed by atoms with Crippen LogP contribution in [0.1, 0.15) is 10.4 Å². The molecule has 0 saturated heterocycles. The van der Waals surface area contributed by atoms with Crippen LogP contribution < -0.4 is 0 Å². The molecule has 1 amide bonds. The van der Waals surface area contributed by atoms with Crippen LogP contribution in [0.15, 0.2) is 41.8 Å². The summed E-state index contributed by atoms with van der Waals surface area (Å²) in [7, 11) is 3.06. The highest BCUT2D eigenvalue weighted by Crippen LogP contribution is 2.15. The minimum Gasteiger partial charge on any atom is -0.338 e. The van der Waals surface area contributed by atoms with Crippen LogP contribution in [0.4, 0.5) is 0 Å². The first-order valence-corrected chi connectivity index (χ1v) is 7.08. The van der Waals surface area contributed by atoms with Crippen molar-refractivity contribution in [2.75, 3.05) is 13.6 Å². The Labute approximate surface area is 105 Å². The number of rotatable bonds is 4. The van der Waals surface area contributed by atoms with Crippen LogP contribution >= 0.6 is 10.7 Å². The third kappa shape index (κ3) is 3.57. The van der Waals surface area contributed by atoms with Crippen LogP contribution in [0.2, 0.25) is 0 Å². The molecule has 0 spiro atoms. The number of nitrogens with zero attached hydrogens (tertiary/aromatic N) is 1. The molecule has 17 heavy (non-hydrogen) atoms. The van der Waals surface area contributed by atoms with Gasteiger partial charge in [-0.3, -0.25) is 4.79 Å². The van der Waals surface area contributed by atoms with Crippen LogP contribution in [0.25, 0.3) is 0 Å². The van der Waals surface area contributed by atoms with Gasteiger partial charge in [0.1, 0.15) is 0 Å². The van der Waals surface area contributed by atoms with Gasteiger partial charge in [0.25, 0.3) is 15.0 Å². The average molecular weight is 274 g/mol. The number of hydrogen-bond donors (Lipinski definition) is 0. The lowest BCUT2D eigenvalue weighted by molar-refractivity contribution is 0.0810. The predicted octanol–water partition coefficient (Wildman–Crippen LogP) is 1.87. The summed E-state index contributed by atoms with van der Waals surface area (Å²) in [5, 5.41) is 0. The van der Waals surface area contributed by atoms with Gasteiger partial charge in [0.05, 0.1) is 4.90 Å². The molecule has 0 aliphatic heterocycles. The maximum absolute atomic E-state index is 11.8. The first kappa shape index (κ1) is 13.7. The van der Waals surface area contributed by atoms with E-state index in [-0.39, 0.29) is 10.8 Å². The van der Waals surface area contributed by atoms with Gasteiger partial charge in [-0.2, -0.15) is 0 Å². The Kier molecular flexibility index (Phi) is 4.31. The van der Waals surface area contributed by atoms with E-state index in [0.717, 1.165) is 0 Å². The van der Waals surface area contributed by atoms with Crippen molar-refractivity contribution in [2.45, 2.75) is 4.90 Å². The lowest BCUT2D eigenvalue weighted by Crippen LogP contribution is -2.26. The zero-order valence-electron chi connectivity index (χ0n) is 9.26. The van der Waals surface area contributed by atoms with Gasteiger partial charge >= 0.3 is 0 Å². The van der Waals surface area contributed by atoms with Gasteiger partial charge in [0.15, 0.2) is 0 Å². The molecule has 1 aromatic carbocycles. The van der Waals surface area contributed by atoms with Crippen LogP contribution in [-0.4, -0.2) is 32.8 Å². The first-order valence-electron chi connectivity index (χ1n) is 4.77. The fourth-order valence-electron chi connectivity index (χ4n) is 1.26. The van der Waals surface area contributed by atoms with Crippen molar-refractivity contribution in [2.24, 2.45) is 0 Å². The first-order chi connectivity index (χ1) is 7.86. The lowest BCUT2D eigenvalue weighted by Gasteiger charge is -2.14. The molecular weight excluding hydrogens is 262 g/mol. The van der Waals surface area contributed by atoms with Gasteiger partial charge in [-0.15, -0.1) is 6.58 Å². The van der Waals surface area contributed by atoms with E-state index in [0.29, 0.717) is 12.1 Å². The summed E-state index contributed by atoms with van der Waals surface area (Å²) in [4.78, 5) is 13.2. The minimum absolute atomic E-state index is 0.0258. The maximum atomic E-state index is 11.8. The number of likely N-dealkylation sites (N-methyl/N-ethyl adjacent to an activating group) is 1. The summed E-state index contributed by atoms with van der Waals surface area (Å²) in [6.07, 6.45) is 1.61. The molecule has 0 heterocycles. The van der Waals surface area contributed by atoms with Gasteiger partial charge in [0, 0.05) is 29.8 Å². The summed E-state index contributed by atoms with van der Waals surface area (Å²) in [6, 6.07) is 5.46. The molecule has 92 valence electrons. The second-order valence-corrected chi connectivity index (χ2v) is 6.00. The van der Waals surface area contributed by atoms with Crippen molar-refractivity contribution in [3.63, 3.8) is 0 Å². The Bertz CT molecular complexity index is 522.